The lowest BCUT2D eigenvalue weighted by molar-refractivity contribution is -0.112. The van der Waals surface area contributed by atoms with E-state index in [0.717, 1.165) is 41.6 Å². The van der Waals surface area contributed by atoms with Gasteiger partial charge < -0.3 is 14.8 Å². The molecule has 0 heterocycles. The molecule has 0 aliphatic carbocycles. The van der Waals surface area contributed by atoms with Crippen LogP contribution in [-0.4, -0.2) is 19.6 Å². The van der Waals surface area contributed by atoms with E-state index in [1.165, 1.54) is 0 Å². The van der Waals surface area contributed by atoms with Crippen LogP contribution in [0.3, 0.4) is 0 Å². The number of nitrogens with zero attached hydrogens (tertiary/aromatic N) is 1. The molecule has 0 radical (unpaired) electrons. The van der Waals surface area contributed by atoms with Crippen molar-refractivity contribution in [3.8, 4) is 17.6 Å². The maximum atomic E-state index is 12.7. The smallest absolute Gasteiger partial charge is 0.266 e. The number of nitriles is 1. The monoisotopic (exact) mass is 406 g/mol. The summed E-state index contributed by atoms with van der Waals surface area (Å²) in [5, 5.41) is 12.4. The van der Waals surface area contributed by atoms with Gasteiger partial charge in [-0.3, -0.25) is 4.79 Å². The Bertz CT molecular complexity index is 948. The van der Waals surface area contributed by atoms with Crippen molar-refractivity contribution in [3.63, 3.8) is 0 Å². The van der Waals surface area contributed by atoms with Crippen molar-refractivity contribution in [2.45, 2.75) is 47.0 Å². The Kier molecular flexibility index (Phi) is 8.49. The molecule has 0 aliphatic rings. The lowest BCUT2D eigenvalue weighted by atomic mass is 10.0. The van der Waals surface area contributed by atoms with Crippen molar-refractivity contribution in [2.75, 3.05) is 19.0 Å². The van der Waals surface area contributed by atoms with Crippen molar-refractivity contribution in [2.24, 2.45) is 0 Å². The lowest BCUT2D eigenvalue weighted by Crippen LogP contribution is -2.15. The molecule has 0 fully saturated rings. The van der Waals surface area contributed by atoms with E-state index < -0.39 is 5.91 Å². The molecule has 0 spiro atoms. The number of aryl methyl sites for hydroxylation is 3. The summed E-state index contributed by atoms with van der Waals surface area (Å²) in [5.74, 6) is 0.786. The molecule has 5 nitrogen and oxygen atoms in total. The number of ether oxygens (including phenoxy) is 2. The fourth-order valence-electron chi connectivity index (χ4n) is 3.30. The van der Waals surface area contributed by atoms with E-state index >= 15 is 0 Å². The zero-order valence-electron chi connectivity index (χ0n) is 18.5. The maximum absolute atomic E-state index is 12.7. The molecular formula is C25H30N2O3. The fraction of sp³-hybridized carbons (Fsp3) is 0.360. The summed E-state index contributed by atoms with van der Waals surface area (Å²) >= 11 is 0. The number of benzene rings is 2. The summed E-state index contributed by atoms with van der Waals surface area (Å²) in [4.78, 5) is 12.7. The van der Waals surface area contributed by atoms with Gasteiger partial charge >= 0.3 is 0 Å². The van der Waals surface area contributed by atoms with Crippen LogP contribution in [0.15, 0.2) is 35.9 Å². The van der Waals surface area contributed by atoms with E-state index in [-0.39, 0.29) is 5.57 Å². The predicted molar refractivity (Wildman–Crippen MR) is 121 cm³/mol. The third kappa shape index (κ3) is 6.12. The lowest BCUT2D eigenvalue weighted by Gasteiger charge is -2.13. The molecule has 0 aromatic heterocycles. The Morgan fingerprint density at radius 2 is 1.80 bits per heavy atom. The van der Waals surface area contributed by atoms with Crippen molar-refractivity contribution >= 4 is 17.7 Å². The first kappa shape index (κ1) is 23.0. The number of rotatable bonds is 9. The molecule has 5 heteroatoms. The number of nitrogens with one attached hydrogen (secondary N) is 1. The summed E-state index contributed by atoms with van der Waals surface area (Å²) in [5.41, 5.74) is 4.50. The second-order valence-electron chi connectivity index (χ2n) is 7.36. The minimum absolute atomic E-state index is 0.0213. The molecule has 0 saturated carbocycles. The van der Waals surface area contributed by atoms with Crippen LogP contribution in [-0.2, 0) is 4.79 Å². The van der Waals surface area contributed by atoms with Gasteiger partial charge in [0.15, 0.2) is 11.5 Å². The van der Waals surface area contributed by atoms with Gasteiger partial charge in [0, 0.05) is 5.69 Å². The summed E-state index contributed by atoms with van der Waals surface area (Å²) in [6.07, 6.45) is 4.78. The molecule has 0 aliphatic heterocycles. The van der Waals surface area contributed by atoms with E-state index in [0.29, 0.717) is 23.7 Å². The molecule has 2 aromatic carbocycles. The quantitative estimate of drug-likeness (QED) is 0.328. The van der Waals surface area contributed by atoms with Crippen molar-refractivity contribution in [3.05, 3.63) is 58.2 Å². The van der Waals surface area contributed by atoms with Crippen molar-refractivity contribution < 1.29 is 14.3 Å². The highest BCUT2D eigenvalue weighted by Crippen LogP contribution is 2.29. The van der Waals surface area contributed by atoms with Crippen LogP contribution >= 0.6 is 0 Å². The molecule has 0 unspecified atom stereocenters. The summed E-state index contributed by atoms with van der Waals surface area (Å²) in [7, 11) is 1.57. The van der Waals surface area contributed by atoms with E-state index in [4.69, 9.17) is 9.47 Å². The molecule has 158 valence electrons. The number of hydrogen-bond donors (Lipinski definition) is 1. The second-order valence-corrected chi connectivity index (χ2v) is 7.36. The topological polar surface area (TPSA) is 71.3 Å². The molecule has 1 N–H and O–H groups in total. The first-order valence-electron chi connectivity index (χ1n) is 10.2. The summed E-state index contributed by atoms with van der Waals surface area (Å²) in [6, 6.07) is 11.4. The van der Waals surface area contributed by atoms with Crippen LogP contribution in [0.4, 0.5) is 5.69 Å². The molecule has 1 amide bonds. The third-order valence-electron chi connectivity index (χ3n) is 4.78. The highest BCUT2D eigenvalue weighted by molar-refractivity contribution is 6.10. The van der Waals surface area contributed by atoms with Gasteiger partial charge in [-0.2, -0.15) is 5.26 Å². The average molecular weight is 407 g/mol. The van der Waals surface area contributed by atoms with Gasteiger partial charge in [-0.15, -0.1) is 0 Å². The molecule has 30 heavy (non-hydrogen) atoms. The first-order valence-corrected chi connectivity index (χ1v) is 10.2. The van der Waals surface area contributed by atoms with Crippen LogP contribution in [0.25, 0.3) is 6.08 Å². The minimum Gasteiger partial charge on any atom is -0.493 e. The van der Waals surface area contributed by atoms with Gasteiger partial charge in [0.25, 0.3) is 5.91 Å². The van der Waals surface area contributed by atoms with Crippen LogP contribution in [0.5, 0.6) is 11.5 Å². The molecule has 2 aromatic rings. The van der Waals surface area contributed by atoms with Crippen molar-refractivity contribution in [1.82, 2.24) is 0 Å². The van der Waals surface area contributed by atoms with Gasteiger partial charge in [-0.1, -0.05) is 43.5 Å². The number of hydrogen-bond acceptors (Lipinski definition) is 4. The van der Waals surface area contributed by atoms with E-state index in [9.17, 15) is 10.1 Å². The Labute approximate surface area is 179 Å². The number of methoxy groups -OCH3 is 1. The van der Waals surface area contributed by atoms with Crippen LogP contribution in [0.2, 0.25) is 0 Å². The molecule has 0 saturated heterocycles. The number of amides is 1. The van der Waals surface area contributed by atoms with Gasteiger partial charge in [-0.25, -0.2) is 0 Å². The number of anilines is 1. The Morgan fingerprint density at radius 1 is 1.10 bits per heavy atom. The average Bonchev–Trinajstić information content (AvgIpc) is 2.72. The second kappa shape index (κ2) is 11.1. The largest absolute Gasteiger partial charge is 0.493 e. The van der Waals surface area contributed by atoms with Gasteiger partial charge in [0.1, 0.15) is 11.6 Å². The third-order valence-corrected chi connectivity index (χ3v) is 4.78. The van der Waals surface area contributed by atoms with E-state index in [1.807, 2.05) is 45.0 Å². The Balaban J connectivity index is 2.21. The number of carbonyl (C=O) groups excluding carboxylic acids is 1. The van der Waals surface area contributed by atoms with Crippen molar-refractivity contribution in [1.29, 1.82) is 5.26 Å². The number of carbonyl (C=O) groups is 1. The highest BCUT2D eigenvalue weighted by atomic mass is 16.5. The molecule has 0 bridgehead atoms. The predicted octanol–water partition coefficient (Wildman–Crippen LogP) is 5.74. The summed E-state index contributed by atoms with van der Waals surface area (Å²) in [6.45, 7) is 8.66. The SMILES string of the molecule is CCCCCOc1ccc(C=C(C#N)C(=O)Nc2c(C)cc(C)cc2C)cc1OC. The Hall–Kier alpha value is -3.26. The maximum Gasteiger partial charge on any atom is 0.266 e. The Morgan fingerprint density at radius 3 is 2.40 bits per heavy atom. The van der Waals surface area contributed by atoms with Gasteiger partial charge in [0.05, 0.1) is 13.7 Å². The normalized spacial score (nSPS) is 11.0. The fourth-order valence-corrected chi connectivity index (χ4v) is 3.30. The zero-order valence-corrected chi connectivity index (χ0v) is 18.5. The molecule has 2 rings (SSSR count). The minimum atomic E-state index is -0.439. The van der Waals surface area contributed by atoms with Crippen LogP contribution in [0.1, 0.15) is 48.4 Å². The van der Waals surface area contributed by atoms with Gasteiger partial charge in [0.2, 0.25) is 0 Å². The molecule has 0 atom stereocenters. The first-order chi connectivity index (χ1) is 14.4. The van der Waals surface area contributed by atoms with Crippen LogP contribution < -0.4 is 14.8 Å². The zero-order chi connectivity index (χ0) is 22.1. The van der Waals surface area contributed by atoms with Gasteiger partial charge in [-0.05, 0) is 62.1 Å². The standard InChI is InChI=1S/C25H30N2O3/c1-6-7-8-11-30-22-10-9-20(15-23(22)29-5)14-21(16-26)25(28)27-24-18(3)12-17(2)13-19(24)4/h9-10,12-15H,6-8,11H2,1-5H3,(H,27,28). The number of unbranched alkanes of at least 4 members (excludes halogenated alkanes) is 2. The molecular weight excluding hydrogens is 376 g/mol. The highest BCUT2D eigenvalue weighted by Gasteiger charge is 2.14. The van der Waals surface area contributed by atoms with E-state index in [2.05, 4.69) is 12.2 Å². The van der Waals surface area contributed by atoms with E-state index in [1.54, 1.807) is 25.3 Å². The van der Waals surface area contributed by atoms with Crippen LogP contribution in [0, 0.1) is 32.1 Å². The summed E-state index contributed by atoms with van der Waals surface area (Å²) < 4.78 is 11.2.